The van der Waals surface area contributed by atoms with E-state index in [0.717, 1.165) is 55.2 Å². The van der Waals surface area contributed by atoms with Gasteiger partial charge in [-0.3, -0.25) is 4.79 Å². The molecule has 1 nitrogen and oxygen atoms in total. The van der Waals surface area contributed by atoms with Crippen LogP contribution in [-0.2, 0) is 4.79 Å². The zero-order valence-corrected chi connectivity index (χ0v) is 15.9. The van der Waals surface area contributed by atoms with Gasteiger partial charge < -0.3 is 0 Å². The molecule has 0 bridgehead atoms. The second kappa shape index (κ2) is 8.80. The Morgan fingerprint density at radius 3 is 1.58 bits per heavy atom. The van der Waals surface area contributed by atoms with Gasteiger partial charge in [0, 0.05) is 11.1 Å². The molecule has 1 aliphatic carbocycles. The maximum absolute atomic E-state index is 13.5. The van der Waals surface area contributed by atoms with Crippen molar-refractivity contribution in [2.75, 3.05) is 0 Å². The highest BCUT2D eigenvalue weighted by Gasteiger charge is 2.32. The number of allylic oxidation sites excluding steroid dienone is 4. The monoisotopic (exact) mass is 344 g/mol. The quantitative estimate of drug-likeness (QED) is 0.511. The predicted molar refractivity (Wildman–Crippen MR) is 111 cm³/mol. The molecule has 0 saturated carbocycles. The first kappa shape index (κ1) is 18.4. The van der Waals surface area contributed by atoms with Crippen molar-refractivity contribution in [2.45, 2.75) is 52.4 Å². The molecule has 1 aliphatic rings. The van der Waals surface area contributed by atoms with E-state index in [-0.39, 0.29) is 5.78 Å². The summed E-state index contributed by atoms with van der Waals surface area (Å²) < 4.78 is 0. The van der Waals surface area contributed by atoms with E-state index in [2.05, 4.69) is 50.2 Å². The summed E-state index contributed by atoms with van der Waals surface area (Å²) in [5.41, 5.74) is 6.65. The molecule has 0 radical (unpaired) electrons. The van der Waals surface area contributed by atoms with Crippen LogP contribution in [-0.4, -0.2) is 5.78 Å². The number of benzene rings is 2. The maximum atomic E-state index is 13.5. The molecule has 26 heavy (non-hydrogen) atoms. The van der Waals surface area contributed by atoms with Crippen LogP contribution in [0.1, 0.15) is 63.5 Å². The third-order valence-corrected chi connectivity index (χ3v) is 5.09. The van der Waals surface area contributed by atoms with Gasteiger partial charge in [0.15, 0.2) is 5.78 Å². The van der Waals surface area contributed by atoms with E-state index in [1.54, 1.807) is 0 Å². The van der Waals surface area contributed by atoms with Crippen molar-refractivity contribution in [1.82, 2.24) is 0 Å². The minimum absolute atomic E-state index is 0.245. The number of unbranched alkanes of at least 4 members (excludes halogenated alkanes) is 2. The molecule has 2 aromatic rings. The minimum atomic E-state index is 0.245. The minimum Gasteiger partial charge on any atom is -0.289 e. The standard InChI is InChI=1S/C25H28O/c1-3-5-17-21-23(19-13-9-7-10-14-19)22(18-6-4-2)25(26)24(21)20-15-11-8-12-16-20/h7-16H,3-6,17-18H2,1-2H3. The SMILES string of the molecule is CCCCC1=C(c2ccccc2)C(=O)C(CCCC)=C1c1ccccc1. The van der Waals surface area contributed by atoms with Gasteiger partial charge in [-0.15, -0.1) is 0 Å². The van der Waals surface area contributed by atoms with E-state index in [1.165, 1.54) is 16.7 Å². The zero-order valence-electron chi connectivity index (χ0n) is 15.9. The van der Waals surface area contributed by atoms with E-state index in [4.69, 9.17) is 0 Å². The van der Waals surface area contributed by atoms with Gasteiger partial charge in [-0.05, 0) is 48.0 Å². The summed E-state index contributed by atoms with van der Waals surface area (Å²) >= 11 is 0. The fraction of sp³-hybridized carbons (Fsp3) is 0.320. The van der Waals surface area contributed by atoms with Gasteiger partial charge in [0.1, 0.15) is 0 Å². The number of hydrogen-bond donors (Lipinski definition) is 0. The van der Waals surface area contributed by atoms with Gasteiger partial charge in [0.05, 0.1) is 0 Å². The number of carbonyl (C=O) groups is 1. The van der Waals surface area contributed by atoms with Crippen LogP contribution in [0.2, 0.25) is 0 Å². The highest BCUT2D eigenvalue weighted by Crippen LogP contribution is 2.44. The van der Waals surface area contributed by atoms with Gasteiger partial charge in [-0.2, -0.15) is 0 Å². The highest BCUT2D eigenvalue weighted by molar-refractivity contribution is 6.38. The Morgan fingerprint density at radius 1 is 0.615 bits per heavy atom. The van der Waals surface area contributed by atoms with E-state index in [0.29, 0.717) is 0 Å². The molecule has 0 N–H and O–H groups in total. The molecule has 3 rings (SSSR count). The maximum Gasteiger partial charge on any atom is 0.190 e. The summed E-state index contributed by atoms with van der Waals surface area (Å²) in [6.45, 7) is 4.40. The van der Waals surface area contributed by atoms with Gasteiger partial charge in [-0.25, -0.2) is 0 Å². The Hall–Kier alpha value is -2.41. The molecule has 0 heterocycles. The lowest BCUT2D eigenvalue weighted by Crippen LogP contribution is -2.02. The fourth-order valence-electron chi connectivity index (χ4n) is 3.77. The molecule has 0 spiro atoms. The molecular weight excluding hydrogens is 316 g/mol. The highest BCUT2D eigenvalue weighted by atomic mass is 16.1. The molecular formula is C25H28O. The number of rotatable bonds is 8. The first-order chi connectivity index (χ1) is 12.8. The van der Waals surface area contributed by atoms with Gasteiger partial charge in [0.25, 0.3) is 0 Å². The summed E-state index contributed by atoms with van der Waals surface area (Å²) in [5, 5.41) is 0. The molecule has 0 atom stereocenters. The van der Waals surface area contributed by atoms with Crippen LogP contribution in [0.15, 0.2) is 71.8 Å². The predicted octanol–water partition coefficient (Wildman–Crippen LogP) is 6.86. The van der Waals surface area contributed by atoms with E-state index in [1.807, 2.05) is 24.3 Å². The lowest BCUT2D eigenvalue weighted by Gasteiger charge is -2.12. The smallest absolute Gasteiger partial charge is 0.190 e. The van der Waals surface area contributed by atoms with Crippen molar-refractivity contribution in [3.8, 4) is 0 Å². The van der Waals surface area contributed by atoms with Crippen LogP contribution in [0.4, 0.5) is 0 Å². The normalized spacial score (nSPS) is 14.5. The number of ketones is 1. The average molecular weight is 344 g/mol. The van der Waals surface area contributed by atoms with E-state index in [9.17, 15) is 4.79 Å². The van der Waals surface area contributed by atoms with Crippen molar-refractivity contribution in [1.29, 1.82) is 0 Å². The topological polar surface area (TPSA) is 17.1 Å². The van der Waals surface area contributed by atoms with Crippen molar-refractivity contribution >= 4 is 16.9 Å². The van der Waals surface area contributed by atoms with Crippen molar-refractivity contribution < 1.29 is 4.79 Å². The Morgan fingerprint density at radius 2 is 1.08 bits per heavy atom. The largest absolute Gasteiger partial charge is 0.289 e. The first-order valence-electron chi connectivity index (χ1n) is 9.90. The molecule has 134 valence electrons. The number of hydrogen-bond acceptors (Lipinski definition) is 1. The molecule has 0 aliphatic heterocycles. The molecule has 0 unspecified atom stereocenters. The second-order valence-corrected chi connectivity index (χ2v) is 6.98. The van der Waals surface area contributed by atoms with Crippen LogP contribution in [0, 0.1) is 0 Å². The summed E-state index contributed by atoms with van der Waals surface area (Å²) in [6.07, 6.45) is 6.23. The molecule has 0 amide bonds. The summed E-state index contributed by atoms with van der Waals surface area (Å²) in [5.74, 6) is 0.245. The molecule has 0 fully saturated rings. The third kappa shape index (κ3) is 3.72. The lowest BCUT2D eigenvalue weighted by molar-refractivity contribution is -0.110. The fourth-order valence-corrected chi connectivity index (χ4v) is 3.77. The summed E-state index contributed by atoms with van der Waals surface area (Å²) in [7, 11) is 0. The zero-order chi connectivity index (χ0) is 18.4. The van der Waals surface area contributed by atoms with Crippen molar-refractivity contribution in [3.63, 3.8) is 0 Å². The molecule has 0 saturated heterocycles. The average Bonchev–Trinajstić information content (AvgIpc) is 2.97. The van der Waals surface area contributed by atoms with E-state index < -0.39 is 0 Å². The summed E-state index contributed by atoms with van der Waals surface area (Å²) in [4.78, 5) is 13.5. The summed E-state index contributed by atoms with van der Waals surface area (Å²) in [6, 6.07) is 20.7. The Kier molecular flexibility index (Phi) is 6.22. The van der Waals surface area contributed by atoms with Gasteiger partial charge >= 0.3 is 0 Å². The van der Waals surface area contributed by atoms with Crippen molar-refractivity contribution in [2.24, 2.45) is 0 Å². The number of carbonyl (C=O) groups excluding carboxylic acids is 1. The lowest BCUT2D eigenvalue weighted by atomic mass is 9.91. The third-order valence-electron chi connectivity index (χ3n) is 5.09. The second-order valence-electron chi connectivity index (χ2n) is 6.98. The van der Waals surface area contributed by atoms with Crippen LogP contribution < -0.4 is 0 Å². The molecule has 2 aromatic carbocycles. The number of Topliss-reactive ketones (excluding diaryl/α,β-unsaturated/α-hetero) is 1. The van der Waals surface area contributed by atoms with Crippen LogP contribution in [0.5, 0.6) is 0 Å². The van der Waals surface area contributed by atoms with Crippen LogP contribution in [0.3, 0.4) is 0 Å². The van der Waals surface area contributed by atoms with Crippen molar-refractivity contribution in [3.05, 3.63) is 82.9 Å². The Balaban J connectivity index is 2.17. The first-order valence-corrected chi connectivity index (χ1v) is 9.90. The Labute approximate surface area is 157 Å². The van der Waals surface area contributed by atoms with Crippen LogP contribution >= 0.6 is 0 Å². The van der Waals surface area contributed by atoms with Gasteiger partial charge in [-0.1, -0.05) is 87.4 Å². The Bertz CT molecular complexity index is 810. The molecule has 1 heteroatoms. The molecule has 0 aromatic heterocycles. The van der Waals surface area contributed by atoms with E-state index >= 15 is 0 Å². The van der Waals surface area contributed by atoms with Gasteiger partial charge in [0.2, 0.25) is 0 Å². The van der Waals surface area contributed by atoms with Crippen LogP contribution in [0.25, 0.3) is 11.1 Å².